The molecule has 0 N–H and O–H groups in total. The van der Waals surface area contributed by atoms with Crippen molar-refractivity contribution in [1.29, 1.82) is 0 Å². The highest BCUT2D eigenvalue weighted by molar-refractivity contribution is 7.18. The molecule has 28 heavy (non-hydrogen) atoms. The number of hydrogen-bond donors (Lipinski definition) is 0. The number of pyridine rings is 1. The van der Waals surface area contributed by atoms with Crippen LogP contribution >= 0.6 is 11.3 Å². The summed E-state index contributed by atoms with van der Waals surface area (Å²) in [6.45, 7) is 0.985. The lowest BCUT2D eigenvalue weighted by Crippen LogP contribution is -2.41. The van der Waals surface area contributed by atoms with E-state index in [0.717, 1.165) is 46.3 Å². The second-order valence-electron chi connectivity index (χ2n) is 6.79. The molecule has 0 aliphatic carbocycles. The van der Waals surface area contributed by atoms with E-state index < -0.39 is 10.5 Å². The van der Waals surface area contributed by atoms with Gasteiger partial charge in [-0.1, -0.05) is 12.1 Å². The highest BCUT2D eigenvalue weighted by Gasteiger charge is 2.26. The number of piperidine rings is 1. The molecule has 1 aliphatic heterocycles. The van der Waals surface area contributed by atoms with Crippen molar-refractivity contribution in [3.8, 4) is 0 Å². The van der Waals surface area contributed by atoms with E-state index in [2.05, 4.69) is 6.07 Å². The highest BCUT2D eigenvalue weighted by atomic mass is 32.1. The number of para-hydroxylation sites is 1. The van der Waals surface area contributed by atoms with Gasteiger partial charge in [-0.3, -0.25) is 24.3 Å². The average molecular weight is 398 g/mol. The van der Waals surface area contributed by atoms with E-state index in [1.807, 2.05) is 18.2 Å². The van der Waals surface area contributed by atoms with Crippen LogP contribution < -0.4 is 5.56 Å². The number of rotatable bonds is 4. The van der Waals surface area contributed by atoms with Crippen LogP contribution in [0.1, 0.15) is 23.8 Å². The topological polar surface area (TPSA) is 98.3 Å². The van der Waals surface area contributed by atoms with Crippen molar-refractivity contribution in [1.82, 2.24) is 14.5 Å². The molecule has 0 spiro atoms. The maximum Gasteiger partial charge on any atom is 0.285 e. The minimum absolute atomic E-state index is 0.188. The van der Waals surface area contributed by atoms with E-state index in [4.69, 9.17) is 4.98 Å². The standard InChI is InChI=1S/C19H18N4O4S/c24-17-6-5-14(23(26)27)11-22(17)12-18(25)21-9-7-13(8-10-21)19-20-15-3-1-2-4-16(15)28-19/h1-6,11,13H,7-10,12H2. The number of carbonyl (C=O) groups is 1. The first-order valence-electron chi connectivity index (χ1n) is 8.99. The molecule has 3 aromatic rings. The molecule has 0 saturated carbocycles. The molecule has 0 unspecified atom stereocenters. The number of thiazole rings is 1. The highest BCUT2D eigenvalue weighted by Crippen LogP contribution is 2.33. The molecule has 0 radical (unpaired) electrons. The van der Waals surface area contributed by atoms with Crippen LogP contribution in [0.15, 0.2) is 47.4 Å². The third kappa shape index (κ3) is 3.65. The number of carbonyl (C=O) groups excluding carboxylic acids is 1. The van der Waals surface area contributed by atoms with Gasteiger partial charge in [0, 0.05) is 31.1 Å². The van der Waals surface area contributed by atoms with E-state index in [0.29, 0.717) is 19.0 Å². The fourth-order valence-corrected chi connectivity index (χ4v) is 4.57. The fraction of sp³-hybridized carbons (Fsp3) is 0.316. The van der Waals surface area contributed by atoms with Gasteiger partial charge in [-0.25, -0.2) is 4.98 Å². The van der Waals surface area contributed by atoms with Crippen molar-refractivity contribution in [3.63, 3.8) is 0 Å². The molecule has 1 aliphatic rings. The Bertz CT molecular complexity index is 1070. The molecule has 144 valence electrons. The lowest BCUT2D eigenvalue weighted by molar-refractivity contribution is -0.385. The first-order valence-corrected chi connectivity index (χ1v) is 9.81. The average Bonchev–Trinajstić information content (AvgIpc) is 3.14. The summed E-state index contributed by atoms with van der Waals surface area (Å²) in [6.07, 6.45) is 2.75. The van der Waals surface area contributed by atoms with Crippen LogP contribution in [-0.4, -0.2) is 38.4 Å². The van der Waals surface area contributed by atoms with E-state index in [1.165, 1.54) is 4.70 Å². The Labute approximate surface area is 164 Å². The van der Waals surface area contributed by atoms with E-state index >= 15 is 0 Å². The minimum atomic E-state index is -0.579. The molecule has 1 fully saturated rings. The van der Waals surface area contributed by atoms with E-state index in [1.54, 1.807) is 16.2 Å². The molecule has 0 atom stereocenters. The van der Waals surface area contributed by atoms with Gasteiger partial charge in [-0.2, -0.15) is 0 Å². The minimum Gasteiger partial charge on any atom is -0.341 e. The predicted octanol–water partition coefficient (Wildman–Crippen LogP) is 2.77. The summed E-state index contributed by atoms with van der Waals surface area (Å²) in [4.78, 5) is 41.2. The third-order valence-corrected chi connectivity index (χ3v) is 6.19. The number of hydrogen-bond acceptors (Lipinski definition) is 6. The number of aromatic nitrogens is 2. The van der Waals surface area contributed by atoms with Crippen molar-refractivity contribution in [2.45, 2.75) is 25.3 Å². The summed E-state index contributed by atoms with van der Waals surface area (Å²) < 4.78 is 2.26. The van der Waals surface area contributed by atoms with Crippen LogP contribution in [-0.2, 0) is 11.3 Å². The van der Waals surface area contributed by atoms with E-state index in [-0.39, 0.29) is 18.1 Å². The van der Waals surface area contributed by atoms with Gasteiger partial charge in [0.05, 0.1) is 26.3 Å². The summed E-state index contributed by atoms with van der Waals surface area (Å²) >= 11 is 1.70. The summed E-state index contributed by atoms with van der Waals surface area (Å²) in [7, 11) is 0. The largest absolute Gasteiger partial charge is 0.341 e. The molecule has 1 saturated heterocycles. The van der Waals surface area contributed by atoms with E-state index in [9.17, 15) is 19.7 Å². The molecule has 4 rings (SSSR count). The van der Waals surface area contributed by atoms with Gasteiger partial charge in [-0.15, -0.1) is 11.3 Å². The van der Waals surface area contributed by atoms with Gasteiger partial charge in [0.1, 0.15) is 6.54 Å². The quantitative estimate of drug-likeness (QED) is 0.497. The molecule has 1 amide bonds. The molecule has 9 heteroatoms. The van der Waals surface area contributed by atoms with Crippen LogP contribution in [0, 0.1) is 10.1 Å². The zero-order valence-electron chi connectivity index (χ0n) is 15.0. The van der Waals surface area contributed by atoms with Crippen LogP contribution in [0.4, 0.5) is 5.69 Å². The molecule has 3 heterocycles. The number of nitro groups is 1. The van der Waals surface area contributed by atoms with Crippen LogP contribution in [0.5, 0.6) is 0 Å². The van der Waals surface area contributed by atoms with Crippen molar-refractivity contribution < 1.29 is 9.72 Å². The predicted molar refractivity (Wildman–Crippen MR) is 106 cm³/mol. The summed E-state index contributed by atoms with van der Waals surface area (Å²) in [5.74, 6) is 0.118. The second-order valence-corrected chi connectivity index (χ2v) is 7.85. The number of benzene rings is 1. The Morgan fingerprint density at radius 1 is 1.21 bits per heavy atom. The number of likely N-dealkylation sites (tertiary alicyclic amines) is 1. The summed E-state index contributed by atoms with van der Waals surface area (Å²) in [5.41, 5.74) is 0.372. The molecular formula is C19H18N4O4S. The van der Waals surface area contributed by atoms with Gasteiger partial charge in [-0.05, 0) is 25.0 Å². The second kappa shape index (κ2) is 7.51. The lowest BCUT2D eigenvalue weighted by atomic mass is 9.97. The number of fused-ring (bicyclic) bond motifs is 1. The first-order chi connectivity index (χ1) is 13.5. The normalized spacial score (nSPS) is 15.1. The summed E-state index contributed by atoms with van der Waals surface area (Å²) in [6, 6.07) is 10.3. The van der Waals surface area contributed by atoms with Gasteiger partial charge < -0.3 is 4.90 Å². The maximum atomic E-state index is 12.6. The van der Waals surface area contributed by atoms with Crippen molar-refractivity contribution in [2.75, 3.05) is 13.1 Å². The Kier molecular flexibility index (Phi) is 4.91. The number of amides is 1. The molecular weight excluding hydrogens is 380 g/mol. The summed E-state index contributed by atoms with van der Waals surface area (Å²) in [5, 5.41) is 12.0. The lowest BCUT2D eigenvalue weighted by Gasteiger charge is -2.31. The van der Waals surface area contributed by atoms with Crippen LogP contribution in [0.2, 0.25) is 0 Å². The van der Waals surface area contributed by atoms with Gasteiger partial charge in [0.15, 0.2) is 0 Å². The third-order valence-electron chi connectivity index (χ3n) is 4.99. The van der Waals surface area contributed by atoms with Gasteiger partial charge >= 0.3 is 0 Å². The molecule has 2 aromatic heterocycles. The number of nitrogens with zero attached hydrogens (tertiary/aromatic N) is 4. The molecule has 0 bridgehead atoms. The zero-order valence-corrected chi connectivity index (χ0v) is 15.8. The van der Waals surface area contributed by atoms with Crippen molar-refractivity contribution >= 4 is 33.1 Å². The Hall–Kier alpha value is -3.07. The SMILES string of the molecule is O=C(Cn1cc([N+](=O)[O-])ccc1=O)N1CCC(c2nc3ccccc3s2)CC1. The Morgan fingerprint density at radius 3 is 2.68 bits per heavy atom. The Balaban J connectivity index is 1.41. The first kappa shape index (κ1) is 18.3. The molecule has 8 nitrogen and oxygen atoms in total. The smallest absolute Gasteiger partial charge is 0.285 e. The van der Waals surface area contributed by atoms with Crippen molar-refractivity contribution in [2.24, 2.45) is 0 Å². The monoisotopic (exact) mass is 398 g/mol. The maximum absolute atomic E-state index is 12.6. The fourth-order valence-electron chi connectivity index (χ4n) is 3.44. The zero-order chi connectivity index (χ0) is 19.7. The van der Waals surface area contributed by atoms with Crippen molar-refractivity contribution in [3.05, 3.63) is 68.1 Å². The van der Waals surface area contributed by atoms with Crippen LogP contribution in [0.3, 0.4) is 0 Å². The van der Waals surface area contributed by atoms with Crippen LogP contribution in [0.25, 0.3) is 10.2 Å². The van der Waals surface area contributed by atoms with Gasteiger partial charge in [0.25, 0.3) is 11.2 Å². The van der Waals surface area contributed by atoms with Gasteiger partial charge in [0.2, 0.25) is 5.91 Å². The Morgan fingerprint density at radius 2 is 1.96 bits per heavy atom. The molecule has 1 aromatic carbocycles.